The molecule has 6 N–H and O–H groups in total. The third kappa shape index (κ3) is 7.91. The summed E-state index contributed by atoms with van der Waals surface area (Å²) in [7, 11) is 0. The zero-order valence-corrected chi connectivity index (χ0v) is 19.5. The summed E-state index contributed by atoms with van der Waals surface area (Å²) in [5.41, 5.74) is 13.9. The van der Waals surface area contributed by atoms with Gasteiger partial charge in [-0.1, -0.05) is 54.6 Å². The summed E-state index contributed by atoms with van der Waals surface area (Å²) in [6.07, 6.45) is -0.0734. The minimum atomic E-state index is -1.02. The number of carbonyl (C=O) groups is 3. The molecule has 0 aromatic heterocycles. The highest BCUT2D eigenvalue weighted by Crippen LogP contribution is 2.20. The molecule has 0 bridgehead atoms. The van der Waals surface area contributed by atoms with Crippen molar-refractivity contribution in [2.24, 2.45) is 11.5 Å². The number of hydrogen-bond donors (Lipinski definition) is 4. The highest BCUT2D eigenvalue weighted by atomic mass is 16.4. The Balaban J connectivity index is 1.92. The molecule has 8 heteroatoms. The Morgan fingerprint density at radius 2 is 1.58 bits per heavy atom. The van der Waals surface area contributed by atoms with E-state index in [2.05, 4.69) is 5.32 Å². The van der Waals surface area contributed by atoms with Crippen molar-refractivity contribution in [3.63, 3.8) is 0 Å². The van der Waals surface area contributed by atoms with Crippen molar-refractivity contribution < 1.29 is 19.5 Å². The molecule has 0 saturated carbocycles. The lowest BCUT2D eigenvalue weighted by Crippen LogP contribution is -2.51. The molecule has 2 rings (SSSR count). The molecule has 3 amide bonds. The molecule has 178 valence electrons. The maximum atomic E-state index is 12.5. The third-order valence-corrected chi connectivity index (χ3v) is 5.44. The fraction of sp³-hybridized carbons (Fsp3) is 0.400. The Bertz CT molecular complexity index is 939. The van der Waals surface area contributed by atoms with E-state index in [1.54, 1.807) is 20.8 Å². The van der Waals surface area contributed by atoms with E-state index >= 15 is 0 Å². The number of nitrogens with zero attached hydrogens (tertiary/aromatic N) is 1. The zero-order valence-electron chi connectivity index (χ0n) is 19.5. The predicted molar refractivity (Wildman–Crippen MR) is 128 cm³/mol. The average molecular weight is 455 g/mol. The summed E-state index contributed by atoms with van der Waals surface area (Å²) in [4.78, 5) is 37.2. The monoisotopic (exact) mass is 454 g/mol. The van der Waals surface area contributed by atoms with Gasteiger partial charge in [-0.05, 0) is 50.3 Å². The van der Waals surface area contributed by atoms with Gasteiger partial charge < -0.3 is 26.8 Å². The van der Waals surface area contributed by atoms with Gasteiger partial charge in [0.15, 0.2) is 0 Å². The number of rotatable bonds is 10. The van der Waals surface area contributed by atoms with E-state index in [0.717, 1.165) is 16.7 Å². The molecule has 0 unspecified atom stereocenters. The number of hydrogen-bond acceptors (Lipinski definition) is 4. The molecule has 0 aliphatic rings. The van der Waals surface area contributed by atoms with Crippen molar-refractivity contribution in [3.05, 3.63) is 60.2 Å². The molecule has 0 aliphatic heterocycles. The van der Waals surface area contributed by atoms with E-state index in [4.69, 9.17) is 11.5 Å². The Labute approximate surface area is 195 Å². The van der Waals surface area contributed by atoms with E-state index in [1.807, 2.05) is 54.6 Å². The Kier molecular flexibility index (Phi) is 8.99. The van der Waals surface area contributed by atoms with Crippen molar-refractivity contribution in [2.45, 2.75) is 57.7 Å². The molecule has 0 radical (unpaired) electrons. The minimum absolute atomic E-state index is 0.250. The Morgan fingerprint density at radius 1 is 1.00 bits per heavy atom. The van der Waals surface area contributed by atoms with Crippen LogP contribution < -0.4 is 16.8 Å². The second-order valence-electron chi connectivity index (χ2n) is 9.08. The van der Waals surface area contributed by atoms with Crippen LogP contribution in [0.25, 0.3) is 11.1 Å². The largest absolute Gasteiger partial charge is 0.465 e. The first-order valence-corrected chi connectivity index (χ1v) is 11.0. The predicted octanol–water partition coefficient (Wildman–Crippen LogP) is 2.75. The fourth-order valence-electron chi connectivity index (χ4n) is 3.52. The SMILES string of the molecule is CC(C)(C)N(CCC[C@H](N)C(=O)N[C@@H](Cc1ccc(-c2ccccc2)cc1)C(N)=O)C(=O)O. The van der Waals surface area contributed by atoms with Gasteiger partial charge in [-0.25, -0.2) is 4.79 Å². The van der Waals surface area contributed by atoms with Crippen LogP contribution in [0.1, 0.15) is 39.2 Å². The maximum absolute atomic E-state index is 12.5. The van der Waals surface area contributed by atoms with Crippen molar-refractivity contribution in [1.82, 2.24) is 10.2 Å². The molecule has 0 heterocycles. The van der Waals surface area contributed by atoms with Crippen LogP contribution in [0.5, 0.6) is 0 Å². The molecule has 2 aromatic carbocycles. The van der Waals surface area contributed by atoms with E-state index in [9.17, 15) is 19.5 Å². The van der Waals surface area contributed by atoms with Crippen LogP contribution in [0.15, 0.2) is 54.6 Å². The van der Waals surface area contributed by atoms with Gasteiger partial charge in [-0.3, -0.25) is 9.59 Å². The lowest BCUT2D eigenvalue weighted by molar-refractivity contribution is -0.128. The molecular formula is C25H34N4O4. The Morgan fingerprint density at radius 3 is 2.09 bits per heavy atom. The molecule has 33 heavy (non-hydrogen) atoms. The summed E-state index contributed by atoms with van der Waals surface area (Å²) < 4.78 is 0. The zero-order chi connectivity index (χ0) is 24.6. The maximum Gasteiger partial charge on any atom is 0.407 e. The van der Waals surface area contributed by atoms with Crippen LogP contribution in [0.3, 0.4) is 0 Å². The molecule has 2 aromatic rings. The number of carboxylic acid groups (broad SMARTS) is 1. The van der Waals surface area contributed by atoms with E-state index in [0.29, 0.717) is 6.42 Å². The van der Waals surface area contributed by atoms with Crippen LogP contribution in [0.4, 0.5) is 4.79 Å². The molecular weight excluding hydrogens is 420 g/mol. The van der Waals surface area contributed by atoms with Crippen molar-refractivity contribution in [2.75, 3.05) is 6.54 Å². The highest BCUT2D eigenvalue weighted by molar-refractivity contribution is 5.89. The molecule has 0 aliphatic carbocycles. The summed E-state index contributed by atoms with van der Waals surface area (Å²) in [6.45, 7) is 5.67. The summed E-state index contributed by atoms with van der Waals surface area (Å²) in [5, 5.41) is 12.0. The van der Waals surface area contributed by atoms with Crippen LogP contribution >= 0.6 is 0 Å². The van der Waals surface area contributed by atoms with Gasteiger partial charge in [0.1, 0.15) is 6.04 Å². The second-order valence-corrected chi connectivity index (χ2v) is 9.08. The van der Waals surface area contributed by atoms with Crippen molar-refractivity contribution >= 4 is 17.9 Å². The average Bonchev–Trinajstić information content (AvgIpc) is 2.75. The van der Waals surface area contributed by atoms with Crippen LogP contribution in [0.2, 0.25) is 0 Å². The quantitative estimate of drug-likeness (QED) is 0.437. The molecule has 0 fully saturated rings. The van der Waals surface area contributed by atoms with Crippen LogP contribution in [0, 0.1) is 0 Å². The molecule has 0 spiro atoms. The van der Waals surface area contributed by atoms with Gasteiger partial charge >= 0.3 is 6.09 Å². The first kappa shape index (κ1) is 25.9. The van der Waals surface area contributed by atoms with Crippen molar-refractivity contribution in [3.8, 4) is 11.1 Å². The van der Waals surface area contributed by atoms with Gasteiger partial charge in [0.05, 0.1) is 6.04 Å². The molecule has 0 saturated heterocycles. The first-order valence-electron chi connectivity index (χ1n) is 11.0. The summed E-state index contributed by atoms with van der Waals surface area (Å²) in [6, 6.07) is 15.9. The number of carbonyl (C=O) groups excluding carboxylic acids is 2. The van der Waals surface area contributed by atoms with Crippen LogP contribution in [-0.2, 0) is 16.0 Å². The lowest BCUT2D eigenvalue weighted by Gasteiger charge is -2.33. The summed E-state index contributed by atoms with van der Waals surface area (Å²) >= 11 is 0. The lowest BCUT2D eigenvalue weighted by atomic mass is 10.00. The highest BCUT2D eigenvalue weighted by Gasteiger charge is 2.27. The van der Waals surface area contributed by atoms with Gasteiger partial charge in [0, 0.05) is 18.5 Å². The third-order valence-electron chi connectivity index (χ3n) is 5.44. The number of primary amides is 1. The smallest absolute Gasteiger partial charge is 0.407 e. The standard InChI is InChI=1S/C25H34N4O4/c1-25(2,3)29(24(32)33)15-7-10-20(26)23(31)28-21(22(27)30)16-17-11-13-19(14-12-17)18-8-5-4-6-9-18/h4-6,8-9,11-14,20-21H,7,10,15-16,26H2,1-3H3,(H2,27,30)(H,28,31)(H,32,33)/t20-,21-/m0/s1. The first-order chi connectivity index (χ1) is 15.5. The number of nitrogens with one attached hydrogen (secondary N) is 1. The number of benzene rings is 2. The van der Waals surface area contributed by atoms with Gasteiger partial charge in [0.25, 0.3) is 0 Å². The minimum Gasteiger partial charge on any atom is -0.465 e. The normalized spacial score (nSPS) is 13.1. The van der Waals surface area contributed by atoms with Crippen molar-refractivity contribution in [1.29, 1.82) is 0 Å². The molecule has 8 nitrogen and oxygen atoms in total. The Hall–Kier alpha value is -3.39. The molecule has 2 atom stereocenters. The van der Waals surface area contributed by atoms with E-state index < -0.39 is 35.5 Å². The van der Waals surface area contributed by atoms with E-state index in [-0.39, 0.29) is 19.4 Å². The second kappa shape index (κ2) is 11.5. The number of amides is 3. The van der Waals surface area contributed by atoms with Gasteiger partial charge in [-0.2, -0.15) is 0 Å². The van der Waals surface area contributed by atoms with Crippen LogP contribution in [-0.4, -0.2) is 52.1 Å². The number of nitrogens with two attached hydrogens (primary N) is 2. The van der Waals surface area contributed by atoms with Gasteiger partial charge in [0.2, 0.25) is 11.8 Å². The summed E-state index contributed by atoms with van der Waals surface area (Å²) in [5.74, 6) is -1.13. The van der Waals surface area contributed by atoms with E-state index in [1.165, 1.54) is 4.90 Å². The topological polar surface area (TPSA) is 139 Å². The fourth-order valence-corrected chi connectivity index (χ4v) is 3.52. The van der Waals surface area contributed by atoms with Gasteiger partial charge in [-0.15, -0.1) is 0 Å².